The first-order valence-corrected chi connectivity index (χ1v) is 8.56. The molecule has 116 valence electrons. The molecule has 21 heavy (non-hydrogen) atoms. The normalized spacial score (nSPS) is 37.2. The zero-order chi connectivity index (χ0) is 15.0. The SMILES string of the molecule is CC1OC(C)C(C(N)CC2CCCc3ccccc32)C1C. The van der Waals surface area contributed by atoms with Crippen LogP contribution in [0.2, 0.25) is 0 Å². The third-order valence-electron chi connectivity index (χ3n) is 5.86. The monoisotopic (exact) mass is 287 g/mol. The molecule has 0 aromatic heterocycles. The van der Waals surface area contributed by atoms with Crippen LogP contribution in [-0.2, 0) is 11.2 Å². The lowest BCUT2D eigenvalue weighted by Gasteiger charge is -2.32. The fourth-order valence-electron chi connectivity index (χ4n) is 4.62. The Labute approximate surface area is 129 Å². The maximum Gasteiger partial charge on any atom is 0.0597 e. The average Bonchev–Trinajstić information content (AvgIpc) is 2.72. The molecule has 2 aliphatic rings. The van der Waals surface area contributed by atoms with Gasteiger partial charge in [-0.15, -0.1) is 0 Å². The highest BCUT2D eigenvalue weighted by Gasteiger charge is 2.41. The van der Waals surface area contributed by atoms with Gasteiger partial charge >= 0.3 is 0 Å². The van der Waals surface area contributed by atoms with E-state index < -0.39 is 0 Å². The van der Waals surface area contributed by atoms with Crippen molar-refractivity contribution >= 4 is 0 Å². The Morgan fingerprint density at radius 1 is 1.19 bits per heavy atom. The van der Waals surface area contributed by atoms with E-state index in [1.54, 1.807) is 5.56 Å². The Kier molecular flexibility index (Phi) is 4.37. The molecule has 0 radical (unpaired) electrons. The van der Waals surface area contributed by atoms with Crippen molar-refractivity contribution in [3.05, 3.63) is 35.4 Å². The quantitative estimate of drug-likeness (QED) is 0.915. The van der Waals surface area contributed by atoms with Gasteiger partial charge in [-0.3, -0.25) is 0 Å². The van der Waals surface area contributed by atoms with E-state index in [9.17, 15) is 0 Å². The smallest absolute Gasteiger partial charge is 0.0597 e. The molecule has 0 amide bonds. The Morgan fingerprint density at radius 3 is 2.67 bits per heavy atom. The molecule has 1 fully saturated rings. The van der Waals surface area contributed by atoms with Gasteiger partial charge in [-0.05, 0) is 62.5 Å². The van der Waals surface area contributed by atoms with Gasteiger partial charge in [0.25, 0.3) is 0 Å². The molecule has 2 heteroatoms. The molecule has 0 bridgehead atoms. The van der Waals surface area contributed by atoms with Gasteiger partial charge in [0, 0.05) is 12.0 Å². The molecule has 2 nitrogen and oxygen atoms in total. The number of benzene rings is 1. The van der Waals surface area contributed by atoms with Crippen molar-refractivity contribution in [1.29, 1.82) is 0 Å². The molecule has 0 saturated carbocycles. The maximum absolute atomic E-state index is 6.63. The highest BCUT2D eigenvalue weighted by atomic mass is 16.5. The van der Waals surface area contributed by atoms with Gasteiger partial charge in [0.1, 0.15) is 0 Å². The first kappa shape index (κ1) is 15.1. The van der Waals surface area contributed by atoms with Gasteiger partial charge in [-0.2, -0.15) is 0 Å². The molecular weight excluding hydrogens is 258 g/mol. The van der Waals surface area contributed by atoms with Crippen LogP contribution in [0.3, 0.4) is 0 Å². The number of rotatable bonds is 3. The van der Waals surface area contributed by atoms with E-state index in [1.807, 2.05) is 0 Å². The van der Waals surface area contributed by atoms with E-state index in [0.29, 0.717) is 30.0 Å². The third kappa shape index (κ3) is 2.89. The molecular formula is C19H29NO. The Balaban J connectivity index is 1.73. The number of fused-ring (bicyclic) bond motifs is 1. The fraction of sp³-hybridized carbons (Fsp3) is 0.684. The molecule has 1 aliphatic heterocycles. The van der Waals surface area contributed by atoms with Crippen LogP contribution in [0, 0.1) is 11.8 Å². The zero-order valence-electron chi connectivity index (χ0n) is 13.6. The Morgan fingerprint density at radius 2 is 1.95 bits per heavy atom. The summed E-state index contributed by atoms with van der Waals surface area (Å²) in [6.45, 7) is 6.68. The van der Waals surface area contributed by atoms with E-state index >= 15 is 0 Å². The molecule has 1 aromatic rings. The molecule has 6 unspecified atom stereocenters. The number of hydrogen-bond donors (Lipinski definition) is 1. The summed E-state index contributed by atoms with van der Waals surface area (Å²) in [4.78, 5) is 0. The molecule has 6 atom stereocenters. The van der Waals surface area contributed by atoms with Crippen LogP contribution in [0.5, 0.6) is 0 Å². The second-order valence-electron chi connectivity index (χ2n) is 7.17. The van der Waals surface area contributed by atoms with Gasteiger partial charge in [-0.1, -0.05) is 31.2 Å². The van der Waals surface area contributed by atoms with Crippen molar-refractivity contribution in [2.45, 2.75) is 70.6 Å². The highest BCUT2D eigenvalue weighted by Crippen LogP contribution is 2.40. The Bertz CT molecular complexity index is 486. The van der Waals surface area contributed by atoms with Gasteiger partial charge in [0.05, 0.1) is 12.2 Å². The van der Waals surface area contributed by atoms with Crippen molar-refractivity contribution in [1.82, 2.24) is 0 Å². The summed E-state index contributed by atoms with van der Waals surface area (Å²) in [5.74, 6) is 1.70. The van der Waals surface area contributed by atoms with Crippen LogP contribution in [0.1, 0.15) is 57.1 Å². The van der Waals surface area contributed by atoms with E-state index in [2.05, 4.69) is 45.0 Å². The van der Waals surface area contributed by atoms with Crippen LogP contribution < -0.4 is 5.73 Å². The minimum atomic E-state index is 0.246. The van der Waals surface area contributed by atoms with E-state index in [1.165, 1.54) is 24.8 Å². The van der Waals surface area contributed by atoms with E-state index in [0.717, 1.165) is 6.42 Å². The van der Waals surface area contributed by atoms with Crippen molar-refractivity contribution in [3.8, 4) is 0 Å². The molecule has 1 aliphatic carbocycles. The summed E-state index contributed by atoms with van der Waals surface area (Å²) in [5, 5.41) is 0. The van der Waals surface area contributed by atoms with Crippen LogP contribution in [0.25, 0.3) is 0 Å². The third-order valence-corrected chi connectivity index (χ3v) is 5.86. The van der Waals surface area contributed by atoms with Crippen molar-refractivity contribution in [3.63, 3.8) is 0 Å². The molecule has 1 aromatic carbocycles. The van der Waals surface area contributed by atoms with Crippen molar-refractivity contribution in [2.24, 2.45) is 17.6 Å². The van der Waals surface area contributed by atoms with Crippen LogP contribution in [0.4, 0.5) is 0 Å². The largest absolute Gasteiger partial charge is 0.375 e. The maximum atomic E-state index is 6.63. The lowest BCUT2D eigenvalue weighted by molar-refractivity contribution is 0.0484. The topological polar surface area (TPSA) is 35.2 Å². The number of ether oxygens (including phenoxy) is 1. The predicted molar refractivity (Wildman–Crippen MR) is 87.4 cm³/mol. The van der Waals surface area contributed by atoms with Gasteiger partial charge < -0.3 is 10.5 Å². The minimum absolute atomic E-state index is 0.246. The first-order valence-electron chi connectivity index (χ1n) is 8.56. The van der Waals surface area contributed by atoms with Crippen LogP contribution in [-0.4, -0.2) is 18.2 Å². The highest BCUT2D eigenvalue weighted by molar-refractivity contribution is 5.32. The predicted octanol–water partition coefficient (Wildman–Crippen LogP) is 3.88. The summed E-state index contributed by atoms with van der Waals surface area (Å²) in [5.41, 5.74) is 9.72. The number of hydrogen-bond acceptors (Lipinski definition) is 2. The summed E-state index contributed by atoms with van der Waals surface area (Å²) < 4.78 is 5.99. The molecule has 1 saturated heterocycles. The second kappa shape index (κ2) is 6.10. The summed E-state index contributed by atoms with van der Waals surface area (Å²) in [7, 11) is 0. The van der Waals surface area contributed by atoms with E-state index in [4.69, 9.17) is 10.5 Å². The second-order valence-corrected chi connectivity index (χ2v) is 7.17. The molecule has 3 rings (SSSR count). The summed E-state index contributed by atoms with van der Waals surface area (Å²) in [6, 6.07) is 9.19. The fourth-order valence-corrected chi connectivity index (χ4v) is 4.62. The first-order chi connectivity index (χ1) is 10.1. The zero-order valence-corrected chi connectivity index (χ0v) is 13.6. The lowest BCUT2D eigenvalue weighted by atomic mass is 9.75. The van der Waals surface area contributed by atoms with Crippen LogP contribution in [0.15, 0.2) is 24.3 Å². The van der Waals surface area contributed by atoms with Gasteiger partial charge in [-0.25, -0.2) is 0 Å². The molecule has 1 heterocycles. The standard InChI is InChI=1S/C19H29NO/c1-12-13(2)21-14(3)19(12)18(20)11-16-9-6-8-15-7-4-5-10-17(15)16/h4-5,7,10,12-14,16,18-19H,6,8-9,11,20H2,1-3H3. The Hall–Kier alpha value is -0.860. The van der Waals surface area contributed by atoms with Crippen LogP contribution >= 0.6 is 0 Å². The summed E-state index contributed by atoms with van der Waals surface area (Å²) in [6.07, 6.45) is 5.57. The van der Waals surface area contributed by atoms with E-state index in [-0.39, 0.29) is 6.04 Å². The van der Waals surface area contributed by atoms with Crippen molar-refractivity contribution in [2.75, 3.05) is 0 Å². The lowest BCUT2D eigenvalue weighted by Crippen LogP contribution is -2.39. The number of nitrogens with two attached hydrogens (primary N) is 1. The molecule has 2 N–H and O–H groups in total. The van der Waals surface area contributed by atoms with Crippen molar-refractivity contribution < 1.29 is 4.74 Å². The van der Waals surface area contributed by atoms with Gasteiger partial charge in [0.15, 0.2) is 0 Å². The minimum Gasteiger partial charge on any atom is -0.375 e. The summed E-state index contributed by atoms with van der Waals surface area (Å²) >= 11 is 0. The average molecular weight is 287 g/mol. The molecule has 0 spiro atoms. The van der Waals surface area contributed by atoms with Gasteiger partial charge in [0.2, 0.25) is 0 Å². The number of aryl methyl sites for hydroxylation is 1.